The summed E-state index contributed by atoms with van der Waals surface area (Å²) in [6.45, 7) is 1.86. The average Bonchev–Trinajstić information content (AvgIpc) is 2.47. The molecule has 1 aromatic rings. The van der Waals surface area contributed by atoms with Gasteiger partial charge in [-0.05, 0) is 6.42 Å². The van der Waals surface area contributed by atoms with Crippen LogP contribution >= 0.6 is 0 Å². The molecule has 0 spiro atoms. The number of aliphatic carboxylic acids is 1. The van der Waals surface area contributed by atoms with E-state index in [-0.39, 0.29) is 0 Å². The molecule has 0 fully saturated rings. The third kappa shape index (κ3) is 1.95. The van der Waals surface area contributed by atoms with Crippen molar-refractivity contribution in [2.24, 2.45) is 0 Å². The lowest BCUT2D eigenvalue weighted by Crippen LogP contribution is -2.27. The summed E-state index contributed by atoms with van der Waals surface area (Å²) in [5.74, 6) is -1.01. The van der Waals surface area contributed by atoms with Crippen LogP contribution in [0.4, 0.5) is 0 Å². The van der Waals surface area contributed by atoms with Gasteiger partial charge in [0.25, 0.3) is 0 Å². The Kier molecular flexibility index (Phi) is 2.84. The number of carbonyl (C=O) groups is 1. The van der Waals surface area contributed by atoms with Crippen molar-refractivity contribution in [3.63, 3.8) is 0 Å². The Bertz CT molecular complexity index is 341. The van der Waals surface area contributed by atoms with Crippen molar-refractivity contribution in [1.29, 1.82) is 0 Å². The van der Waals surface area contributed by atoms with E-state index in [9.17, 15) is 9.59 Å². The lowest BCUT2D eigenvalue weighted by atomic mass is 10.2. The number of hydrogen-bond acceptors (Lipinski definition) is 3. The first-order valence-electron chi connectivity index (χ1n) is 4.01. The smallest absolute Gasteiger partial charge is 0.343 e. The Labute approximate surface area is 74.2 Å². The van der Waals surface area contributed by atoms with Crippen molar-refractivity contribution in [2.45, 2.75) is 25.8 Å². The van der Waals surface area contributed by atoms with Crippen LogP contribution in [-0.2, 0) is 4.79 Å². The van der Waals surface area contributed by atoms with E-state index in [2.05, 4.69) is 10.2 Å². The number of aromatic amines is 1. The van der Waals surface area contributed by atoms with Crippen molar-refractivity contribution >= 4 is 5.97 Å². The lowest BCUT2D eigenvalue weighted by Gasteiger charge is -2.09. The Hall–Kier alpha value is -1.59. The molecule has 6 heteroatoms. The number of nitrogens with one attached hydrogen (secondary N) is 1. The topological polar surface area (TPSA) is 88.0 Å². The molecule has 0 saturated heterocycles. The molecule has 1 rings (SSSR count). The van der Waals surface area contributed by atoms with Gasteiger partial charge in [0.2, 0.25) is 0 Å². The van der Waals surface area contributed by atoms with Crippen molar-refractivity contribution in [3.05, 3.63) is 16.8 Å². The lowest BCUT2D eigenvalue weighted by molar-refractivity contribution is -0.141. The second kappa shape index (κ2) is 3.88. The number of H-pyrrole nitrogens is 1. The van der Waals surface area contributed by atoms with E-state index in [1.807, 2.05) is 6.92 Å². The normalized spacial score (nSPS) is 12.7. The van der Waals surface area contributed by atoms with Gasteiger partial charge in [0.05, 0.1) is 0 Å². The number of nitrogens with zero attached hydrogens (tertiary/aromatic N) is 2. The summed E-state index contributed by atoms with van der Waals surface area (Å²) >= 11 is 0. The zero-order valence-corrected chi connectivity index (χ0v) is 7.23. The number of hydrogen-bond donors (Lipinski definition) is 2. The molecule has 6 nitrogen and oxygen atoms in total. The van der Waals surface area contributed by atoms with Crippen molar-refractivity contribution in [2.75, 3.05) is 0 Å². The molecular weight excluding hydrogens is 174 g/mol. The largest absolute Gasteiger partial charge is 0.480 e. The SMILES string of the molecule is CCCC(C(=O)O)n1cn[nH]c1=O. The highest BCUT2D eigenvalue weighted by Gasteiger charge is 2.19. The van der Waals surface area contributed by atoms with Crippen LogP contribution in [0.25, 0.3) is 0 Å². The molecule has 0 saturated carbocycles. The van der Waals surface area contributed by atoms with Crippen LogP contribution in [0.3, 0.4) is 0 Å². The number of carboxylic acid groups (broad SMARTS) is 1. The summed E-state index contributed by atoms with van der Waals surface area (Å²) in [6.07, 6.45) is 2.33. The van der Waals surface area contributed by atoms with Gasteiger partial charge in [-0.1, -0.05) is 13.3 Å². The van der Waals surface area contributed by atoms with Gasteiger partial charge in [-0.25, -0.2) is 14.7 Å². The van der Waals surface area contributed by atoms with Crippen molar-refractivity contribution < 1.29 is 9.90 Å². The first-order chi connectivity index (χ1) is 6.16. The molecule has 1 atom stereocenters. The summed E-state index contributed by atoms with van der Waals surface area (Å²) in [5.41, 5.74) is -0.485. The van der Waals surface area contributed by atoms with E-state index in [0.717, 1.165) is 4.57 Å². The highest BCUT2D eigenvalue weighted by atomic mass is 16.4. The molecule has 0 aliphatic heterocycles. The van der Waals surface area contributed by atoms with E-state index in [4.69, 9.17) is 5.11 Å². The first-order valence-corrected chi connectivity index (χ1v) is 4.01. The third-order valence-electron chi connectivity index (χ3n) is 1.76. The van der Waals surface area contributed by atoms with Gasteiger partial charge in [-0.15, -0.1) is 0 Å². The molecule has 0 aliphatic rings. The maximum Gasteiger partial charge on any atom is 0.343 e. The molecule has 1 unspecified atom stereocenters. The van der Waals surface area contributed by atoms with E-state index in [0.29, 0.717) is 12.8 Å². The Balaban J connectivity index is 2.95. The number of carboxylic acids is 1. The fraction of sp³-hybridized carbons (Fsp3) is 0.571. The van der Waals surface area contributed by atoms with Gasteiger partial charge in [0.1, 0.15) is 12.4 Å². The number of rotatable bonds is 4. The van der Waals surface area contributed by atoms with Crippen LogP contribution in [0.5, 0.6) is 0 Å². The van der Waals surface area contributed by atoms with Gasteiger partial charge >= 0.3 is 11.7 Å². The summed E-state index contributed by atoms with van der Waals surface area (Å²) < 4.78 is 1.09. The number of aromatic nitrogens is 3. The van der Waals surface area contributed by atoms with Crippen LogP contribution in [0.1, 0.15) is 25.8 Å². The molecule has 0 aromatic carbocycles. The van der Waals surface area contributed by atoms with Crippen molar-refractivity contribution in [3.8, 4) is 0 Å². The predicted octanol–water partition coefficient (Wildman–Crippen LogP) is -0.00280. The second-order valence-electron chi connectivity index (χ2n) is 2.71. The molecule has 1 heterocycles. The molecule has 13 heavy (non-hydrogen) atoms. The second-order valence-corrected chi connectivity index (χ2v) is 2.71. The fourth-order valence-electron chi connectivity index (χ4n) is 1.13. The standard InChI is InChI=1S/C7H11N3O3/c1-2-3-5(6(11)12)10-4-8-9-7(10)13/h4-5H,2-3H2,1H3,(H,9,13)(H,11,12). The van der Waals surface area contributed by atoms with Crippen LogP contribution in [0, 0.1) is 0 Å². The van der Waals surface area contributed by atoms with E-state index in [1.54, 1.807) is 0 Å². The zero-order chi connectivity index (χ0) is 9.84. The maximum atomic E-state index is 11.0. The maximum absolute atomic E-state index is 11.0. The van der Waals surface area contributed by atoms with E-state index >= 15 is 0 Å². The molecule has 0 bridgehead atoms. The summed E-state index contributed by atoms with van der Waals surface area (Å²) in [7, 11) is 0. The van der Waals surface area contributed by atoms with Gasteiger partial charge in [-0.3, -0.25) is 4.57 Å². The molecule has 1 aromatic heterocycles. The first kappa shape index (κ1) is 9.50. The van der Waals surface area contributed by atoms with Crippen LogP contribution in [0.15, 0.2) is 11.1 Å². The monoisotopic (exact) mass is 185 g/mol. The molecule has 2 N–H and O–H groups in total. The molecule has 0 amide bonds. The third-order valence-corrected chi connectivity index (χ3v) is 1.76. The molecule has 0 radical (unpaired) electrons. The van der Waals surface area contributed by atoms with Gasteiger partial charge < -0.3 is 5.11 Å². The van der Waals surface area contributed by atoms with Crippen LogP contribution in [-0.4, -0.2) is 25.8 Å². The summed E-state index contributed by atoms with van der Waals surface area (Å²) in [4.78, 5) is 21.8. The molecule has 0 aliphatic carbocycles. The predicted molar refractivity (Wildman–Crippen MR) is 44.4 cm³/mol. The van der Waals surface area contributed by atoms with E-state index < -0.39 is 17.7 Å². The minimum absolute atomic E-state index is 0.425. The molecular formula is C7H11N3O3. The highest BCUT2D eigenvalue weighted by Crippen LogP contribution is 2.10. The van der Waals surface area contributed by atoms with Crippen LogP contribution < -0.4 is 5.69 Å². The Morgan fingerprint density at radius 1 is 1.85 bits per heavy atom. The summed E-state index contributed by atoms with van der Waals surface area (Å²) in [5, 5.41) is 14.4. The van der Waals surface area contributed by atoms with Gasteiger partial charge in [0, 0.05) is 0 Å². The Morgan fingerprint density at radius 3 is 2.92 bits per heavy atom. The fourth-order valence-corrected chi connectivity index (χ4v) is 1.13. The summed E-state index contributed by atoms with van der Waals surface area (Å²) in [6, 6.07) is -0.809. The van der Waals surface area contributed by atoms with Crippen LogP contribution in [0.2, 0.25) is 0 Å². The quantitative estimate of drug-likeness (QED) is 0.690. The van der Waals surface area contributed by atoms with Gasteiger partial charge in [-0.2, -0.15) is 5.10 Å². The van der Waals surface area contributed by atoms with E-state index in [1.165, 1.54) is 6.33 Å². The Morgan fingerprint density at radius 2 is 2.54 bits per heavy atom. The van der Waals surface area contributed by atoms with Gasteiger partial charge in [0.15, 0.2) is 0 Å². The minimum atomic E-state index is -1.01. The zero-order valence-electron chi connectivity index (χ0n) is 7.23. The highest BCUT2D eigenvalue weighted by molar-refractivity contribution is 5.71. The molecule has 72 valence electrons. The minimum Gasteiger partial charge on any atom is -0.480 e. The van der Waals surface area contributed by atoms with Crippen molar-refractivity contribution in [1.82, 2.24) is 14.8 Å². The average molecular weight is 185 g/mol.